The molecule has 3 rings (SSSR count). The average molecular weight is 611 g/mol. The molecule has 1 unspecified atom stereocenters. The zero-order valence-electron chi connectivity index (χ0n) is 21.6. The molecule has 0 aromatic heterocycles. The maximum atomic E-state index is 14.0. The Bertz CT molecular complexity index is 1380. The highest BCUT2D eigenvalue weighted by Gasteiger charge is 2.33. The van der Waals surface area contributed by atoms with Gasteiger partial charge < -0.3 is 10.2 Å². The molecule has 39 heavy (non-hydrogen) atoms. The van der Waals surface area contributed by atoms with Gasteiger partial charge in [-0.05, 0) is 73.0 Å². The van der Waals surface area contributed by atoms with Gasteiger partial charge in [0.05, 0.1) is 10.6 Å². The van der Waals surface area contributed by atoms with Crippen LogP contribution in [0, 0.1) is 0 Å². The number of benzene rings is 3. The van der Waals surface area contributed by atoms with E-state index in [1.165, 1.54) is 35.2 Å². The largest absolute Gasteiger partial charge is 0.354 e. The van der Waals surface area contributed by atoms with Crippen molar-refractivity contribution < 1.29 is 18.0 Å². The van der Waals surface area contributed by atoms with E-state index in [0.29, 0.717) is 28.0 Å². The molecule has 0 fully saturated rings. The molecule has 0 saturated carbocycles. The third-order valence-electron chi connectivity index (χ3n) is 5.98. The SMILES string of the molecule is CCCNC(=O)C(CC)N(Cc1ccc(Cl)cc1)C(=O)CN(c1cccc(Cl)c1)S(=O)(=O)c1ccc(Cl)cc1. The van der Waals surface area contributed by atoms with Crippen molar-refractivity contribution in [1.82, 2.24) is 10.2 Å². The molecular weight excluding hydrogens is 581 g/mol. The Kier molecular flexibility index (Phi) is 11.1. The maximum absolute atomic E-state index is 14.0. The minimum Gasteiger partial charge on any atom is -0.354 e. The minimum atomic E-state index is -4.21. The molecule has 0 aliphatic heterocycles. The lowest BCUT2D eigenvalue weighted by molar-refractivity contribution is -0.140. The van der Waals surface area contributed by atoms with Gasteiger partial charge in [0, 0.05) is 28.2 Å². The maximum Gasteiger partial charge on any atom is 0.264 e. The first-order chi connectivity index (χ1) is 18.6. The van der Waals surface area contributed by atoms with Crippen molar-refractivity contribution in [2.75, 3.05) is 17.4 Å². The second-order valence-corrected chi connectivity index (χ2v) is 12.0. The summed E-state index contributed by atoms with van der Waals surface area (Å²) < 4.78 is 28.6. The van der Waals surface area contributed by atoms with Crippen molar-refractivity contribution in [2.45, 2.75) is 44.2 Å². The Labute approximate surface area is 244 Å². The third-order valence-corrected chi connectivity index (χ3v) is 8.51. The van der Waals surface area contributed by atoms with E-state index in [4.69, 9.17) is 34.8 Å². The zero-order valence-corrected chi connectivity index (χ0v) is 24.7. The third kappa shape index (κ3) is 8.11. The van der Waals surface area contributed by atoms with Crippen LogP contribution in [0.25, 0.3) is 0 Å². The molecule has 0 bridgehead atoms. The average Bonchev–Trinajstić information content (AvgIpc) is 2.91. The predicted molar refractivity (Wildman–Crippen MR) is 157 cm³/mol. The number of carbonyl (C=O) groups is 2. The van der Waals surface area contributed by atoms with Crippen LogP contribution in [0.2, 0.25) is 15.1 Å². The molecule has 3 aromatic rings. The summed E-state index contributed by atoms with van der Waals surface area (Å²) in [7, 11) is -4.21. The van der Waals surface area contributed by atoms with Gasteiger partial charge in [-0.1, -0.05) is 66.8 Å². The predicted octanol–water partition coefficient (Wildman–Crippen LogP) is 6.18. The molecule has 7 nitrogen and oxygen atoms in total. The van der Waals surface area contributed by atoms with E-state index in [9.17, 15) is 18.0 Å². The zero-order chi connectivity index (χ0) is 28.6. The lowest BCUT2D eigenvalue weighted by Crippen LogP contribution is -2.52. The number of carbonyl (C=O) groups excluding carboxylic acids is 2. The summed E-state index contributed by atoms with van der Waals surface area (Å²) in [5.41, 5.74) is 0.949. The lowest BCUT2D eigenvalue weighted by atomic mass is 10.1. The fourth-order valence-corrected chi connectivity index (χ4v) is 5.81. The first-order valence-electron chi connectivity index (χ1n) is 12.4. The number of anilines is 1. The van der Waals surface area contributed by atoms with E-state index >= 15 is 0 Å². The molecule has 0 spiro atoms. The highest BCUT2D eigenvalue weighted by Crippen LogP contribution is 2.28. The molecule has 2 amide bonds. The number of rotatable bonds is 12. The number of hydrogen-bond donors (Lipinski definition) is 1. The highest BCUT2D eigenvalue weighted by molar-refractivity contribution is 7.92. The van der Waals surface area contributed by atoms with Crippen LogP contribution in [-0.2, 0) is 26.2 Å². The first-order valence-corrected chi connectivity index (χ1v) is 15.0. The van der Waals surface area contributed by atoms with Gasteiger partial charge in [-0.25, -0.2) is 8.42 Å². The van der Waals surface area contributed by atoms with Gasteiger partial charge in [-0.3, -0.25) is 13.9 Å². The molecule has 208 valence electrons. The van der Waals surface area contributed by atoms with Crippen LogP contribution in [0.3, 0.4) is 0 Å². The van der Waals surface area contributed by atoms with Crippen LogP contribution in [-0.4, -0.2) is 44.3 Å². The summed E-state index contributed by atoms with van der Waals surface area (Å²) in [4.78, 5) is 28.4. The van der Waals surface area contributed by atoms with Crippen LogP contribution >= 0.6 is 34.8 Å². The van der Waals surface area contributed by atoms with Gasteiger partial charge in [0.1, 0.15) is 12.6 Å². The molecule has 0 aliphatic carbocycles. The molecular formula is C28H30Cl3N3O4S. The van der Waals surface area contributed by atoms with Crippen molar-refractivity contribution in [3.05, 3.63) is 93.4 Å². The fourth-order valence-electron chi connectivity index (χ4n) is 3.97. The Morgan fingerprint density at radius 2 is 1.49 bits per heavy atom. The van der Waals surface area contributed by atoms with Gasteiger partial charge in [0.15, 0.2) is 0 Å². The molecule has 0 radical (unpaired) electrons. The van der Waals surface area contributed by atoms with Crippen LogP contribution in [0.15, 0.2) is 77.7 Å². The van der Waals surface area contributed by atoms with Gasteiger partial charge in [-0.15, -0.1) is 0 Å². The van der Waals surface area contributed by atoms with Gasteiger partial charge in [0.25, 0.3) is 10.0 Å². The number of halogens is 3. The molecule has 0 saturated heterocycles. The summed E-state index contributed by atoms with van der Waals surface area (Å²) >= 11 is 18.2. The first kappa shape index (κ1) is 30.8. The van der Waals surface area contributed by atoms with Gasteiger partial charge in [0.2, 0.25) is 11.8 Å². The van der Waals surface area contributed by atoms with E-state index in [0.717, 1.165) is 16.3 Å². The summed E-state index contributed by atoms with van der Waals surface area (Å²) in [6, 6.07) is 18.0. The van der Waals surface area contributed by atoms with Crippen LogP contribution in [0.5, 0.6) is 0 Å². The highest BCUT2D eigenvalue weighted by atomic mass is 35.5. The summed E-state index contributed by atoms with van der Waals surface area (Å²) in [5.74, 6) is -0.863. The Morgan fingerprint density at radius 1 is 0.872 bits per heavy atom. The lowest BCUT2D eigenvalue weighted by Gasteiger charge is -2.33. The Balaban J connectivity index is 2.04. The summed E-state index contributed by atoms with van der Waals surface area (Å²) in [5, 5.41) is 4.06. The normalized spacial score (nSPS) is 12.0. The summed E-state index contributed by atoms with van der Waals surface area (Å²) in [6.07, 6.45) is 1.06. The fraction of sp³-hybridized carbons (Fsp3) is 0.286. The van der Waals surface area contributed by atoms with E-state index < -0.39 is 28.5 Å². The second kappa shape index (κ2) is 14.0. The van der Waals surface area contributed by atoms with Crippen molar-refractivity contribution in [2.24, 2.45) is 0 Å². The van der Waals surface area contributed by atoms with Crippen molar-refractivity contribution in [3.8, 4) is 0 Å². The molecule has 0 aliphatic rings. The topological polar surface area (TPSA) is 86.8 Å². The number of nitrogens with one attached hydrogen (secondary N) is 1. The second-order valence-electron chi connectivity index (χ2n) is 8.81. The van der Waals surface area contributed by atoms with Crippen molar-refractivity contribution in [1.29, 1.82) is 0 Å². The molecule has 11 heteroatoms. The van der Waals surface area contributed by atoms with E-state index in [1.54, 1.807) is 49.4 Å². The Hall–Kier alpha value is -2.78. The molecule has 1 N–H and O–H groups in total. The van der Waals surface area contributed by atoms with Gasteiger partial charge >= 0.3 is 0 Å². The molecule has 3 aromatic carbocycles. The van der Waals surface area contributed by atoms with Crippen LogP contribution < -0.4 is 9.62 Å². The minimum absolute atomic E-state index is 0.0448. The smallest absolute Gasteiger partial charge is 0.264 e. The number of sulfonamides is 1. The monoisotopic (exact) mass is 609 g/mol. The van der Waals surface area contributed by atoms with Gasteiger partial charge in [-0.2, -0.15) is 0 Å². The Morgan fingerprint density at radius 3 is 2.05 bits per heavy atom. The number of nitrogens with zero attached hydrogens (tertiary/aromatic N) is 2. The molecule has 1 atom stereocenters. The van der Waals surface area contributed by atoms with E-state index in [-0.39, 0.29) is 23.0 Å². The van der Waals surface area contributed by atoms with Crippen molar-refractivity contribution in [3.63, 3.8) is 0 Å². The van der Waals surface area contributed by atoms with Crippen molar-refractivity contribution >= 4 is 62.3 Å². The standard InChI is InChI=1S/C28H30Cl3N3O4S/c1-3-16-32-28(36)26(4-2)33(18-20-8-10-21(29)11-9-20)27(35)19-34(24-7-5-6-23(31)17-24)39(37,38)25-14-12-22(30)13-15-25/h5-15,17,26H,3-4,16,18-19H2,1-2H3,(H,32,36). The quantitative estimate of drug-likeness (QED) is 0.266. The number of amides is 2. The van der Waals surface area contributed by atoms with Crippen LogP contribution in [0.4, 0.5) is 5.69 Å². The summed E-state index contributed by atoms with van der Waals surface area (Å²) in [6.45, 7) is 3.71. The van der Waals surface area contributed by atoms with Crippen LogP contribution in [0.1, 0.15) is 32.3 Å². The van der Waals surface area contributed by atoms with E-state index in [2.05, 4.69) is 5.32 Å². The number of hydrogen-bond acceptors (Lipinski definition) is 4. The molecule has 0 heterocycles. The van der Waals surface area contributed by atoms with E-state index in [1.807, 2.05) is 6.92 Å².